The standard InChI is InChI=1S/C16H10Cl2N2O6S/c1-26-14-6-9(5-13(16(14)21)20(22)23)4-11(8-19)27(24,25)15-7-10(17)2-3-12(15)18/h2-7,21H,1H3/b11-4+. The molecule has 0 heterocycles. The number of nitro groups is 1. The van der Waals surface area contributed by atoms with Gasteiger partial charge in [-0.05, 0) is 35.9 Å². The van der Waals surface area contributed by atoms with Gasteiger partial charge in [-0.25, -0.2) is 8.42 Å². The minimum Gasteiger partial charge on any atom is -0.500 e. The van der Waals surface area contributed by atoms with Crippen molar-refractivity contribution >= 4 is 44.8 Å². The summed E-state index contributed by atoms with van der Waals surface area (Å²) in [4.78, 5) is 9.07. The Bertz CT molecular complexity index is 1110. The molecule has 0 aliphatic rings. The number of phenolic OH excluding ortho intramolecular Hbond substituents is 1. The molecular formula is C16H10Cl2N2O6S. The van der Waals surface area contributed by atoms with E-state index >= 15 is 0 Å². The number of allylic oxidation sites excluding steroid dienone is 1. The number of hydrogen-bond donors (Lipinski definition) is 1. The Morgan fingerprint density at radius 2 is 2.00 bits per heavy atom. The minimum absolute atomic E-state index is 0.0466. The molecule has 27 heavy (non-hydrogen) atoms. The van der Waals surface area contributed by atoms with Crippen LogP contribution in [0.15, 0.2) is 40.1 Å². The molecule has 0 saturated heterocycles. The van der Waals surface area contributed by atoms with Crippen molar-refractivity contribution in [3.8, 4) is 17.6 Å². The van der Waals surface area contributed by atoms with Gasteiger partial charge in [0.1, 0.15) is 11.0 Å². The Kier molecular flexibility index (Phi) is 5.95. The molecule has 2 aromatic carbocycles. The molecule has 140 valence electrons. The van der Waals surface area contributed by atoms with Crippen LogP contribution in [0.2, 0.25) is 10.0 Å². The van der Waals surface area contributed by atoms with E-state index in [9.17, 15) is 28.9 Å². The van der Waals surface area contributed by atoms with E-state index in [1.165, 1.54) is 25.3 Å². The lowest BCUT2D eigenvalue weighted by molar-refractivity contribution is -0.386. The van der Waals surface area contributed by atoms with Gasteiger partial charge in [0, 0.05) is 11.1 Å². The van der Waals surface area contributed by atoms with Crippen molar-refractivity contribution in [2.75, 3.05) is 7.11 Å². The number of phenols is 1. The van der Waals surface area contributed by atoms with Crippen molar-refractivity contribution in [1.29, 1.82) is 5.26 Å². The lowest BCUT2D eigenvalue weighted by Gasteiger charge is -2.08. The number of aromatic hydroxyl groups is 1. The van der Waals surface area contributed by atoms with Crippen LogP contribution in [-0.4, -0.2) is 25.6 Å². The number of halogens is 2. The summed E-state index contributed by atoms with van der Waals surface area (Å²) in [5, 5.41) is 30.1. The van der Waals surface area contributed by atoms with E-state index in [0.717, 1.165) is 24.3 Å². The Hall–Kier alpha value is -2.80. The molecule has 1 N–H and O–H groups in total. The maximum atomic E-state index is 12.7. The minimum atomic E-state index is -4.35. The zero-order valence-electron chi connectivity index (χ0n) is 13.5. The van der Waals surface area contributed by atoms with E-state index in [1.807, 2.05) is 0 Å². The fraction of sp³-hybridized carbons (Fsp3) is 0.0625. The number of methoxy groups -OCH3 is 1. The first-order valence-electron chi connectivity index (χ1n) is 6.99. The molecule has 0 atom stereocenters. The first-order chi connectivity index (χ1) is 12.6. The number of hydrogen-bond acceptors (Lipinski definition) is 7. The summed E-state index contributed by atoms with van der Waals surface area (Å²) < 4.78 is 30.3. The average molecular weight is 429 g/mol. The number of rotatable bonds is 5. The number of sulfone groups is 1. The van der Waals surface area contributed by atoms with Gasteiger partial charge in [-0.1, -0.05) is 23.2 Å². The summed E-state index contributed by atoms with van der Waals surface area (Å²) >= 11 is 11.7. The third-order valence-corrected chi connectivity index (χ3v) is 5.76. The van der Waals surface area contributed by atoms with Crippen LogP contribution >= 0.6 is 23.2 Å². The Balaban J connectivity index is 2.69. The van der Waals surface area contributed by atoms with Crippen LogP contribution < -0.4 is 4.74 Å². The lowest BCUT2D eigenvalue weighted by atomic mass is 10.1. The Labute approximate surface area is 163 Å². The number of nitriles is 1. The van der Waals surface area contributed by atoms with E-state index in [2.05, 4.69) is 0 Å². The number of benzene rings is 2. The highest BCUT2D eigenvalue weighted by Crippen LogP contribution is 2.38. The molecule has 0 aliphatic heterocycles. The summed E-state index contributed by atoms with van der Waals surface area (Å²) in [6.45, 7) is 0. The SMILES string of the molecule is COc1cc(/C=C(\C#N)S(=O)(=O)c2cc(Cl)ccc2Cl)cc([N+](=O)[O-])c1O. The second-order valence-electron chi connectivity index (χ2n) is 5.05. The average Bonchev–Trinajstić information content (AvgIpc) is 2.62. The number of nitrogens with zero attached hydrogens (tertiary/aromatic N) is 2. The molecule has 0 aliphatic carbocycles. The smallest absolute Gasteiger partial charge is 0.315 e. The molecule has 8 nitrogen and oxygen atoms in total. The van der Waals surface area contributed by atoms with E-state index in [-0.39, 0.29) is 26.3 Å². The quantitative estimate of drug-likeness (QED) is 0.433. The maximum Gasteiger partial charge on any atom is 0.315 e. The zero-order chi connectivity index (χ0) is 20.4. The van der Waals surface area contributed by atoms with Crippen molar-refractivity contribution in [2.45, 2.75) is 4.90 Å². The number of ether oxygens (including phenoxy) is 1. The third-order valence-electron chi connectivity index (χ3n) is 3.37. The normalized spacial score (nSPS) is 11.7. The molecule has 0 spiro atoms. The van der Waals surface area contributed by atoms with Gasteiger partial charge in [0.15, 0.2) is 5.75 Å². The fourth-order valence-electron chi connectivity index (χ4n) is 2.11. The lowest BCUT2D eigenvalue weighted by Crippen LogP contribution is -2.04. The molecule has 0 fully saturated rings. The zero-order valence-corrected chi connectivity index (χ0v) is 15.8. The van der Waals surface area contributed by atoms with Crippen LogP contribution in [0, 0.1) is 21.4 Å². The molecule has 0 amide bonds. The topological polar surface area (TPSA) is 131 Å². The van der Waals surface area contributed by atoms with Gasteiger partial charge >= 0.3 is 5.69 Å². The number of nitro benzene ring substituents is 1. The molecule has 11 heteroatoms. The molecule has 0 aromatic heterocycles. The van der Waals surface area contributed by atoms with Gasteiger partial charge in [0.2, 0.25) is 15.6 Å². The highest BCUT2D eigenvalue weighted by atomic mass is 35.5. The van der Waals surface area contributed by atoms with Gasteiger partial charge in [-0.15, -0.1) is 0 Å². The molecule has 2 rings (SSSR count). The van der Waals surface area contributed by atoms with Crippen LogP contribution in [0.1, 0.15) is 5.56 Å². The van der Waals surface area contributed by atoms with Crippen LogP contribution in [-0.2, 0) is 9.84 Å². The fourth-order valence-corrected chi connectivity index (χ4v) is 4.03. The van der Waals surface area contributed by atoms with Crippen molar-refractivity contribution in [3.63, 3.8) is 0 Å². The largest absolute Gasteiger partial charge is 0.500 e. The van der Waals surface area contributed by atoms with Crippen LogP contribution in [0.5, 0.6) is 11.5 Å². The molecule has 0 unspecified atom stereocenters. The molecule has 0 radical (unpaired) electrons. The summed E-state index contributed by atoms with van der Waals surface area (Å²) in [6, 6.07) is 7.32. The maximum absolute atomic E-state index is 12.7. The highest BCUT2D eigenvalue weighted by Gasteiger charge is 2.25. The highest BCUT2D eigenvalue weighted by molar-refractivity contribution is 7.95. The Morgan fingerprint density at radius 3 is 2.56 bits per heavy atom. The summed E-state index contributed by atoms with van der Waals surface area (Å²) in [5.41, 5.74) is -0.759. The van der Waals surface area contributed by atoms with E-state index in [0.29, 0.717) is 0 Å². The van der Waals surface area contributed by atoms with Crippen molar-refractivity contribution in [1.82, 2.24) is 0 Å². The molecule has 0 bridgehead atoms. The molecular weight excluding hydrogens is 419 g/mol. The van der Waals surface area contributed by atoms with Crippen molar-refractivity contribution < 1.29 is 23.2 Å². The molecule has 2 aromatic rings. The van der Waals surface area contributed by atoms with Gasteiger partial charge < -0.3 is 9.84 Å². The van der Waals surface area contributed by atoms with E-state index in [4.69, 9.17) is 27.9 Å². The second-order valence-corrected chi connectivity index (χ2v) is 7.78. The van der Waals surface area contributed by atoms with Crippen molar-refractivity contribution in [2.24, 2.45) is 0 Å². The Morgan fingerprint density at radius 1 is 1.33 bits per heavy atom. The summed E-state index contributed by atoms with van der Waals surface area (Å²) in [7, 11) is -3.19. The summed E-state index contributed by atoms with van der Waals surface area (Å²) in [5.74, 6) is -0.982. The van der Waals surface area contributed by atoms with Crippen molar-refractivity contribution in [3.05, 3.63) is 61.0 Å². The predicted octanol–water partition coefficient (Wildman–Crippen LogP) is 3.95. The molecule has 0 saturated carbocycles. The third kappa shape index (κ3) is 4.14. The van der Waals surface area contributed by atoms with Gasteiger partial charge in [0.25, 0.3) is 0 Å². The predicted molar refractivity (Wildman–Crippen MR) is 98.6 cm³/mol. The first-order valence-corrected chi connectivity index (χ1v) is 9.23. The first kappa shape index (κ1) is 20.5. The van der Waals surface area contributed by atoms with Crippen LogP contribution in [0.4, 0.5) is 5.69 Å². The van der Waals surface area contributed by atoms with E-state index in [1.54, 1.807) is 0 Å². The van der Waals surface area contributed by atoms with Crippen LogP contribution in [0.25, 0.3) is 6.08 Å². The second kappa shape index (κ2) is 7.84. The van der Waals surface area contributed by atoms with E-state index < -0.39 is 31.1 Å². The van der Waals surface area contributed by atoms with Gasteiger partial charge in [0.05, 0.1) is 22.0 Å². The summed E-state index contributed by atoms with van der Waals surface area (Å²) in [6.07, 6.45) is 0.904. The van der Waals surface area contributed by atoms with Gasteiger partial charge in [-0.2, -0.15) is 5.26 Å². The van der Waals surface area contributed by atoms with Gasteiger partial charge in [-0.3, -0.25) is 10.1 Å². The monoisotopic (exact) mass is 428 g/mol. The van der Waals surface area contributed by atoms with Crippen LogP contribution in [0.3, 0.4) is 0 Å².